The van der Waals surface area contributed by atoms with Crippen molar-refractivity contribution in [1.82, 2.24) is 10.6 Å². The van der Waals surface area contributed by atoms with E-state index in [0.29, 0.717) is 12.1 Å². The lowest BCUT2D eigenvalue weighted by atomic mass is 9.96. The summed E-state index contributed by atoms with van der Waals surface area (Å²) in [7, 11) is 1.84. The van der Waals surface area contributed by atoms with E-state index in [1.165, 1.54) is 44.1 Å². The molecule has 2 fully saturated rings. The molecule has 2 aliphatic rings. The van der Waals surface area contributed by atoms with Crippen molar-refractivity contribution in [3.05, 3.63) is 29.8 Å². The van der Waals surface area contributed by atoms with Gasteiger partial charge >= 0.3 is 0 Å². The van der Waals surface area contributed by atoms with Crippen molar-refractivity contribution in [3.8, 4) is 5.75 Å². The zero-order chi connectivity index (χ0) is 16.8. The Bertz CT molecular complexity index is 565. The van der Waals surface area contributed by atoms with Gasteiger partial charge in [0.25, 0.3) is 0 Å². The summed E-state index contributed by atoms with van der Waals surface area (Å²) in [6.07, 6.45) is 10.0. The second kappa shape index (κ2) is 10.5. The van der Waals surface area contributed by atoms with Gasteiger partial charge in [0.15, 0.2) is 5.96 Å². The minimum atomic E-state index is 0. The van der Waals surface area contributed by atoms with Gasteiger partial charge in [0.05, 0.1) is 6.10 Å². The molecule has 0 heterocycles. The number of guanidine groups is 1. The normalized spacial score (nSPS) is 23.5. The molecule has 25 heavy (non-hydrogen) atoms. The predicted molar refractivity (Wildman–Crippen MR) is 118 cm³/mol. The molecule has 0 aromatic heterocycles. The Morgan fingerprint density at radius 3 is 2.68 bits per heavy atom. The zero-order valence-corrected chi connectivity index (χ0v) is 18.3. The van der Waals surface area contributed by atoms with Crippen molar-refractivity contribution in [2.24, 2.45) is 4.99 Å². The van der Waals surface area contributed by atoms with Crippen LogP contribution in [-0.2, 0) is 6.54 Å². The highest BCUT2D eigenvalue weighted by Gasteiger charge is 2.24. The van der Waals surface area contributed by atoms with Crippen LogP contribution in [0.3, 0.4) is 0 Å². The van der Waals surface area contributed by atoms with Crippen LogP contribution in [0.5, 0.6) is 5.75 Å². The van der Waals surface area contributed by atoms with Crippen molar-refractivity contribution in [2.45, 2.75) is 62.5 Å². The lowest BCUT2D eigenvalue weighted by Gasteiger charge is -2.27. The predicted octanol–water partition coefficient (Wildman–Crippen LogP) is 4.19. The fourth-order valence-electron chi connectivity index (χ4n) is 3.29. The van der Waals surface area contributed by atoms with Crippen molar-refractivity contribution < 1.29 is 4.74 Å². The summed E-state index contributed by atoms with van der Waals surface area (Å²) in [4.78, 5) is 4.38. The summed E-state index contributed by atoms with van der Waals surface area (Å²) in [5.41, 5.74) is 1.20. The molecule has 0 spiro atoms. The van der Waals surface area contributed by atoms with Gasteiger partial charge in [-0.15, -0.1) is 24.0 Å². The molecule has 0 amide bonds. The number of aliphatic imine (C=N–C) groups is 1. The number of thioether (sulfide) groups is 1. The van der Waals surface area contributed by atoms with E-state index < -0.39 is 0 Å². The first-order chi connectivity index (χ1) is 11.8. The van der Waals surface area contributed by atoms with Gasteiger partial charge in [-0.25, -0.2) is 0 Å². The second-order valence-corrected chi connectivity index (χ2v) is 7.85. The maximum atomic E-state index is 6.11. The number of hydrogen-bond donors (Lipinski definition) is 2. The van der Waals surface area contributed by atoms with Gasteiger partial charge in [-0.3, -0.25) is 4.99 Å². The SMILES string of the molecule is CN=C(NCc1ccccc1OC1CCC1)NC1CCC(SC)C1.I. The van der Waals surface area contributed by atoms with Crippen molar-refractivity contribution in [2.75, 3.05) is 13.3 Å². The quantitative estimate of drug-likeness (QED) is 0.368. The van der Waals surface area contributed by atoms with Crippen LogP contribution in [0, 0.1) is 0 Å². The zero-order valence-electron chi connectivity index (χ0n) is 15.2. The van der Waals surface area contributed by atoms with Crippen LogP contribution in [0.25, 0.3) is 0 Å². The third-order valence-electron chi connectivity index (χ3n) is 5.05. The van der Waals surface area contributed by atoms with Crippen LogP contribution in [-0.4, -0.2) is 36.7 Å². The summed E-state index contributed by atoms with van der Waals surface area (Å²) in [6, 6.07) is 8.86. The third kappa shape index (κ3) is 5.94. The van der Waals surface area contributed by atoms with Crippen LogP contribution in [0.4, 0.5) is 0 Å². The molecule has 0 bridgehead atoms. The first-order valence-electron chi connectivity index (χ1n) is 9.03. The van der Waals surface area contributed by atoms with Gasteiger partial charge in [-0.05, 0) is 50.8 Å². The number of ether oxygens (including phenoxy) is 1. The Morgan fingerprint density at radius 1 is 1.24 bits per heavy atom. The first kappa shape index (κ1) is 20.7. The Morgan fingerprint density at radius 2 is 2.04 bits per heavy atom. The highest BCUT2D eigenvalue weighted by Crippen LogP contribution is 2.29. The molecule has 1 aromatic carbocycles. The summed E-state index contributed by atoms with van der Waals surface area (Å²) < 4.78 is 6.11. The van der Waals surface area contributed by atoms with Gasteiger partial charge < -0.3 is 15.4 Å². The summed E-state index contributed by atoms with van der Waals surface area (Å²) in [6.45, 7) is 0.737. The van der Waals surface area contributed by atoms with Crippen LogP contribution in [0.2, 0.25) is 0 Å². The van der Waals surface area contributed by atoms with E-state index in [1.54, 1.807) is 0 Å². The van der Waals surface area contributed by atoms with E-state index in [1.807, 2.05) is 24.9 Å². The van der Waals surface area contributed by atoms with E-state index in [-0.39, 0.29) is 24.0 Å². The second-order valence-electron chi connectivity index (χ2n) is 6.72. The number of nitrogens with zero attached hydrogens (tertiary/aromatic N) is 1. The number of nitrogens with one attached hydrogen (secondary N) is 2. The molecular formula is C19H30IN3OS. The smallest absolute Gasteiger partial charge is 0.191 e. The van der Waals surface area contributed by atoms with Gasteiger partial charge in [-0.2, -0.15) is 11.8 Å². The first-order valence-corrected chi connectivity index (χ1v) is 10.3. The van der Waals surface area contributed by atoms with E-state index in [2.05, 4.69) is 40.1 Å². The molecule has 1 aromatic rings. The average Bonchev–Trinajstić information content (AvgIpc) is 3.03. The van der Waals surface area contributed by atoms with Gasteiger partial charge in [0, 0.05) is 30.4 Å². The number of benzene rings is 1. The highest BCUT2D eigenvalue weighted by molar-refractivity contribution is 14.0. The molecule has 0 aliphatic heterocycles. The number of rotatable bonds is 6. The Hall–Kier alpha value is -0.630. The minimum absolute atomic E-state index is 0. The fourth-order valence-corrected chi connectivity index (χ4v) is 4.08. The largest absolute Gasteiger partial charge is 0.490 e. The summed E-state index contributed by atoms with van der Waals surface area (Å²) in [5, 5.41) is 7.80. The Balaban J connectivity index is 0.00000225. The molecule has 2 N–H and O–H groups in total. The van der Waals surface area contributed by atoms with E-state index in [9.17, 15) is 0 Å². The number of para-hydroxylation sites is 1. The van der Waals surface area contributed by atoms with E-state index in [4.69, 9.17) is 4.74 Å². The van der Waals surface area contributed by atoms with Crippen LogP contribution < -0.4 is 15.4 Å². The molecular weight excluding hydrogens is 445 g/mol. The highest BCUT2D eigenvalue weighted by atomic mass is 127. The fraction of sp³-hybridized carbons (Fsp3) is 0.632. The van der Waals surface area contributed by atoms with Crippen LogP contribution >= 0.6 is 35.7 Å². The standard InChI is InChI=1S/C19H29N3OS.HI/c1-20-19(22-15-10-11-17(12-15)24-2)21-13-14-6-3-4-9-18(14)23-16-7-5-8-16;/h3-4,6,9,15-17H,5,7-8,10-13H2,1-2H3,(H2,20,21,22);1H. The minimum Gasteiger partial charge on any atom is -0.490 e. The topological polar surface area (TPSA) is 45.7 Å². The Kier molecular flexibility index (Phi) is 8.69. The molecule has 0 radical (unpaired) electrons. The van der Waals surface area contributed by atoms with Crippen LogP contribution in [0.15, 0.2) is 29.3 Å². The molecule has 2 aliphatic carbocycles. The lowest BCUT2D eigenvalue weighted by Crippen LogP contribution is -2.42. The Labute approximate surface area is 173 Å². The van der Waals surface area contributed by atoms with E-state index >= 15 is 0 Å². The monoisotopic (exact) mass is 475 g/mol. The number of halogens is 1. The van der Waals surface area contributed by atoms with Gasteiger partial charge in [0.1, 0.15) is 5.75 Å². The number of hydrogen-bond acceptors (Lipinski definition) is 3. The van der Waals surface area contributed by atoms with Crippen LogP contribution in [0.1, 0.15) is 44.1 Å². The van der Waals surface area contributed by atoms with Crippen molar-refractivity contribution >= 4 is 41.7 Å². The van der Waals surface area contributed by atoms with E-state index in [0.717, 1.165) is 23.5 Å². The molecule has 140 valence electrons. The molecule has 2 atom stereocenters. The van der Waals surface area contributed by atoms with Gasteiger partial charge in [-0.1, -0.05) is 18.2 Å². The molecule has 2 saturated carbocycles. The summed E-state index contributed by atoms with van der Waals surface area (Å²) in [5.74, 6) is 1.90. The maximum absolute atomic E-state index is 6.11. The molecule has 4 nitrogen and oxygen atoms in total. The molecule has 3 rings (SSSR count). The summed E-state index contributed by atoms with van der Waals surface area (Å²) >= 11 is 1.98. The molecule has 2 unspecified atom stereocenters. The lowest BCUT2D eigenvalue weighted by molar-refractivity contribution is 0.119. The average molecular weight is 475 g/mol. The third-order valence-corrected chi connectivity index (χ3v) is 6.14. The van der Waals surface area contributed by atoms with Gasteiger partial charge in [0.2, 0.25) is 0 Å². The molecule has 0 saturated heterocycles. The van der Waals surface area contributed by atoms with Crippen molar-refractivity contribution in [3.63, 3.8) is 0 Å². The molecule has 6 heteroatoms. The van der Waals surface area contributed by atoms with Crippen molar-refractivity contribution in [1.29, 1.82) is 0 Å². The maximum Gasteiger partial charge on any atom is 0.191 e.